The average molecular weight is 437 g/mol. The molecule has 3 rings (SSSR count). The zero-order chi connectivity index (χ0) is 17.1. The Morgan fingerprint density at radius 2 is 2.08 bits per heavy atom. The lowest BCUT2D eigenvalue weighted by atomic mass is 9.98. The largest absolute Gasteiger partial charge is 0.337 e. The fraction of sp³-hybridized carbons (Fsp3) is 0.588. The van der Waals surface area contributed by atoms with E-state index in [4.69, 9.17) is 10.7 Å². The molecule has 1 amide bonds. The average Bonchev–Trinajstić information content (AvgIpc) is 3.24. The van der Waals surface area contributed by atoms with Crippen molar-refractivity contribution in [2.24, 2.45) is 5.73 Å². The van der Waals surface area contributed by atoms with E-state index >= 15 is 0 Å². The van der Waals surface area contributed by atoms with Crippen LogP contribution < -0.4 is 5.73 Å². The van der Waals surface area contributed by atoms with Crippen LogP contribution in [0, 0.1) is 0 Å². The molecular weight excluding hydrogens is 411 g/mol. The molecule has 1 unspecified atom stereocenters. The fourth-order valence-corrected chi connectivity index (χ4v) is 4.82. The number of piperidine rings is 1. The van der Waals surface area contributed by atoms with E-state index in [1.807, 2.05) is 10.3 Å². The first-order valence-corrected chi connectivity index (χ1v) is 10.2. The highest BCUT2D eigenvalue weighted by Gasteiger charge is 2.28. The van der Waals surface area contributed by atoms with Gasteiger partial charge in [0.05, 0.1) is 15.7 Å². The fourth-order valence-electron chi connectivity index (χ4n) is 2.93. The summed E-state index contributed by atoms with van der Waals surface area (Å²) in [6, 6.07) is 0. The molecule has 0 bridgehead atoms. The summed E-state index contributed by atoms with van der Waals surface area (Å²) in [4.78, 5) is 23.9. The predicted molar refractivity (Wildman–Crippen MR) is 113 cm³/mol. The number of amides is 1. The molecule has 0 saturated carbocycles. The third-order valence-electron chi connectivity index (χ3n) is 4.32. The standard InChI is InChI=1S/C17H24N4OS2.2ClH/c1-11(2)13-9-24-16(20-13)12-4-3-7-21(8-12)17(22)14-10-23-15(19-14)5-6-18;;/h9-12H,3-8,18H2,1-2H3;2*1H. The minimum absolute atomic E-state index is 0. The second-order valence-electron chi connectivity index (χ2n) is 6.52. The number of nitrogens with zero attached hydrogens (tertiary/aromatic N) is 3. The normalized spacial score (nSPS) is 16.9. The van der Waals surface area contributed by atoms with Gasteiger partial charge in [0, 0.05) is 36.2 Å². The van der Waals surface area contributed by atoms with Crippen molar-refractivity contribution in [2.45, 2.75) is 44.9 Å². The van der Waals surface area contributed by atoms with Gasteiger partial charge in [0.15, 0.2) is 0 Å². The highest BCUT2D eigenvalue weighted by Crippen LogP contribution is 2.31. The molecular formula is C17H26Cl2N4OS2. The number of nitrogens with two attached hydrogens (primary N) is 1. The molecule has 2 N–H and O–H groups in total. The Balaban J connectivity index is 0.00000169. The van der Waals surface area contributed by atoms with Crippen LogP contribution in [0.2, 0.25) is 0 Å². The number of thiazole rings is 2. The second-order valence-corrected chi connectivity index (χ2v) is 8.35. The van der Waals surface area contributed by atoms with Crippen LogP contribution in [-0.2, 0) is 6.42 Å². The van der Waals surface area contributed by atoms with Gasteiger partial charge in [-0.3, -0.25) is 4.79 Å². The van der Waals surface area contributed by atoms with Crippen LogP contribution in [0.3, 0.4) is 0 Å². The van der Waals surface area contributed by atoms with Crippen molar-refractivity contribution in [3.8, 4) is 0 Å². The maximum absolute atomic E-state index is 12.7. The lowest BCUT2D eigenvalue weighted by Gasteiger charge is -2.31. The lowest BCUT2D eigenvalue weighted by molar-refractivity contribution is 0.0701. The number of carbonyl (C=O) groups is 1. The molecule has 1 aliphatic rings. The number of aromatic nitrogens is 2. The van der Waals surface area contributed by atoms with Crippen molar-refractivity contribution in [2.75, 3.05) is 19.6 Å². The molecule has 2 aromatic heterocycles. The molecule has 1 atom stereocenters. The summed E-state index contributed by atoms with van der Waals surface area (Å²) in [7, 11) is 0. The van der Waals surface area contributed by atoms with Gasteiger partial charge in [-0.2, -0.15) is 0 Å². The van der Waals surface area contributed by atoms with Gasteiger partial charge in [0.25, 0.3) is 5.91 Å². The van der Waals surface area contributed by atoms with Crippen LogP contribution >= 0.6 is 47.5 Å². The van der Waals surface area contributed by atoms with Crippen molar-refractivity contribution in [3.05, 3.63) is 32.2 Å². The number of carbonyl (C=O) groups excluding carboxylic acids is 1. The Hall–Kier alpha value is -0.730. The summed E-state index contributed by atoms with van der Waals surface area (Å²) >= 11 is 3.25. The van der Waals surface area contributed by atoms with Gasteiger partial charge in [0.2, 0.25) is 0 Å². The Labute approximate surface area is 175 Å². The number of likely N-dealkylation sites (tertiary alicyclic amines) is 1. The van der Waals surface area contributed by atoms with Gasteiger partial charge < -0.3 is 10.6 Å². The molecule has 9 heteroatoms. The van der Waals surface area contributed by atoms with Crippen molar-refractivity contribution in [1.29, 1.82) is 0 Å². The SMILES string of the molecule is CC(C)c1csc(C2CCCN(C(=O)c3csc(CCN)n3)C2)n1.Cl.Cl. The summed E-state index contributed by atoms with van der Waals surface area (Å²) in [5, 5.41) is 6.12. The van der Waals surface area contributed by atoms with E-state index < -0.39 is 0 Å². The van der Waals surface area contributed by atoms with Crippen LogP contribution in [0.1, 0.15) is 64.7 Å². The molecule has 0 aliphatic carbocycles. The lowest BCUT2D eigenvalue weighted by Crippen LogP contribution is -2.39. The molecule has 1 fully saturated rings. The zero-order valence-corrected chi connectivity index (χ0v) is 18.3. The van der Waals surface area contributed by atoms with Crippen molar-refractivity contribution in [1.82, 2.24) is 14.9 Å². The minimum Gasteiger partial charge on any atom is -0.337 e. The van der Waals surface area contributed by atoms with Gasteiger partial charge in [-0.15, -0.1) is 47.5 Å². The molecule has 0 aromatic carbocycles. The first kappa shape index (κ1) is 23.3. The monoisotopic (exact) mass is 436 g/mol. The smallest absolute Gasteiger partial charge is 0.273 e. The predicted octanol–water partition coefficient (Wildman–Crippen LogP) is 4.09. The van der Waals surface area contributed by atoms with E-state index in [0.717, 1.165) is 43.1 Å². The summed E-state index contributed by atoms with van der Waals surface area (Å²) in [5.41, 5.74) is 7.28. The maximum atomic E-state index is 12.7. The molecule has 1 saturated heterocycles. The van der Waals surface area contributed by atoms with Gasteiger partial charge in [-0.25, -0.2) is 9.97 Å². The number of rotatable bonds is 5. The first-order valence-electron chi connectivity index (χ1n) is 8.47. The van der Waals surface area contributed by atoms with Crippen LogP contribution in [0.15, 0.2) is 10.8 Å². The van der Waals surface area contributed by atoms with Crippen LogP contribution in [0.25, 0.3) is 0 Å². The molecule has 5 nitrogen and oxygen atoms in total. The minimum atomic E-state index is 0. The Morgan fingerprint density at radius 3 is 2.73 bits per heavy atom. The summed E-state index contributed by atoms with van der Waals surface area (Å²) in [5.74, 6) is 0.842. The van der Waals surface area contributed by atoms with E-state index in [0.29, 0.717) is 24.1 Å². The van der Waals surface area contributed by atoms with Gasteiger partial charge in [-0.05, 0) is 25.3 Å². The molecule has 0 radical (unpaired) electrons. The Bertz CT molecular complexity index is 705. The molecule has 0 spiro atoms. The van der Waals surface area contributed by atoms with E-state index in [1.165, 1.54) is 16.3 Å². The van der Waals surface area contributed by atoms with Gasteiger partial charge in [-0.1, -0.05) is 13.8 Å². The van der Waals surface area contributed by atoms with Crippen molar-refractivity contribution >= 4 is 53.4 Å². The van der Waals surface area contributed by atoms with E-state index in [2.05, 4.69) is 24.2 Å². The molecule has 146 valence electrons. The molecule has 1 aliphatic heterocycles. The molecule has 3 heterocycles. The zero-order valence-electron chi connectivity index (χ0n) is 15.0. The third-order valence-corrected chi connectivity index (χ3v) is 6.25. The number of halogens is 2. The van der Waals surface area contributed by atoms with E-state index in [9.17, 15) is 4.79 Å². The molecule has 26 heavy (non-hydrogen) atoms. The Morgan fingerprint density at radius 1 is 1.31 bits per heavy atom. The Kier molecular flexibility index (Phi) is 9.47. The van der Waals surface area contributed by atoms with Crippen LogP contribution in [-0.4, -0.2) is 40.4 Å². The maximum Gasteiger partial charge on any atom is 0.273 e. The van der Waals surface area contributed by atoms with Gasteiger partial charge >= 0.3 is 0 Å². The van der Waals surface area contributed by atoms with E-state index in [-0.39, 0.29) is 30.7 Å². The van der Waals surface area contributed by atoms with Crippen molar-refractivity contribution < 1.29 is 4.79 Å². The summed E-state index contributed by atoms with van der Waals surface area (Å²) < 4.78 is 0. The van der Waals surface area contributed by atoms with Gasteiger partial charge in [0.1, 0.15) is 5.69 Å². The highest BCUT2D eigenvalue weighted by atomic mass is 35.5. The van der Waals surface area contributed by atoms with E-state index in [1.54, 1.807) is 11.3 Å². The van der Waals surface area contributed by atoms with Crippen LogP contribution in [0.5, 0.6) is 0 Å². The second kappa shape index (κ2) is 10.6. The number of hydrogen-bond donors (Lipinski definition) is 1. The third kappa shape index (κ3) is 5.39. The quantitative estimate of drug-likeness (QED) is 0.765. The first-order chi connectivity index (χ1) is 11.6. The highest BCUT2D eigenvalue weighted by molar-refractivity contribution is 7.10. The van der Waals surface area contributed by atoms with Crippen LogP contribution in [0.4, 0.5) is 0 Å². The topological polar surface area (TPSA) is 72.1 Å². The van der Waals surface area contributed by atoms with Crippen molar-refractivity contribution in [3.63, 3.8) is 0 Å². The molecule has 2 aromatic rings. The summed E-state index contributed by atoms with van der Waals surface area (Å²) in [6.45, 7) is 6.44. The summed E-state index contributed by atoms with van der Waals surface area (Å²) in [6.07, 6.45) is 2.86. The number of hydrogen-bond acceptors (Lipinski definition) is 6.